The second kappa shape index (κ2) is 7.83. The number of hydrogen-bond donors (Lipinski definition) is 1. The number of benzene rings is 1. The summed E-state index contributed by atoms with van der Waals surface area (Å²) in [5, 5.41) is 2.47. The summed E-state index contributed by atoms with van der Waals surface area (Å²) < 4.78 is 41.2. The average molecular weight is 316 g/mol. The van der Waals surface area contributed by atoms with Gasteiger partial charge in [0, 0.05) is 13.1 Å². The number of ether oxygens (including phenoxy) is 1. The van der Waals surface area contributed by atoms with Crippen molar-refractivity contribution in [2.24, 2.45) is 5.92 Å². The highest BCUT2D eigenvalue weighted by Crippen LogP contribution is 2.22. The highest BCUT2D eigenvalue weighted by Gasteiger charge is 2.27. The number of nitrogens with zero attached hydrogens (tertiary/aromatic N) is 1. The van der Waals surface area contributed by atoms with E-state index in [0.717, 1.165) is 38.2 Å². The molecule has 1 saturated heterocycles. The van der Waals surface area contributed by atoms with Gasteiger partial charge < -0.3 is 10.1 Å². The fraction of sp³-hybridized carbons (Fsp3) is 0.625. The maximum atomic E-state index is 12.0. The Morgan fingerprint density at radius 2 is 2.00 bits per heavy atom. The summed E-state index contributed by atoms with van der Waals surface area (Å²) in [5.74, 6) is 1.33. The van der Waals surface area contributed by atoms with Crippen molar-refractivity contribution >= 4 is 0 Å². The second-order valence-corrected chi connectivity index (χ2v) is 5.82. The first kappa shape index (κ1) is 17.1. The Morgan fingerprint density at radius 1 is 1.27 bits per heavy atom. The zero-order valence-electron chi connectivity index (χ0n) is 12.8. The van der Waals surface area contributed by atoms with Crippen molar-refractivity contribution in [3.63, 3.8) is 0 Å². The van der Waals surface area contributed by atoms with E-state index >= 15 is 0 Å². The monoisotopic (exact) mass is 316 g/mol. The van der Waals surface area contributed by atoms with Crippen LogP contribution in [0.2, 0.25) is 0 Å². The third-order valence-corrected chi connectivity index (χ3v) is 3.99. The lowest BCUT2D eigenvalue weighted by molar-refractivity contribution is -0.124. The summed E-state index contributed by atoms with van der Waals surface area (Å²) in [6.07, 6.45) is -2.25. The topological polar surface area (TPSA) is 24.5 Å². The lowest BCUT2D eigenvalue weighted by Crippen LogP contribution is -2.30. The fourth-order valence-corrected chi connectivity index (χ4v) is 2.82. The summed E-state index contributed by atoms with van der Waals surface area (Å²) in [6.45, 7) is 2.39. The minimum Gasteiger partial charge on any atom is -0.497 e. The molecule has 1 heterocycles. The third-order valence-electron chi connectivity index (χ3n) is 3.99. The SMILES string of the molecule is COc1ccc(CN2CCC(CCNCC(F)(F)F)C2)cc1. The zero-order valence-corrected chi connectivity index (χ0v) is 12.8. The quantitative estimate of drug-likeness (QED) is 0.783. The molecule has 0 radical (unpaired) electrons. The first-order valence-electron chi connectivity index (χ1n) is 7.59. The van der Waals surface area contributed by atoms with E-state index in [-0.39, 0.29) is 0 Å². The molecule has 1 aliphatic rings. The molecule has 6 heteroatoms. The summed E-state index contributed by atoms with van der Waals surface area (Å²) in [7, 11) is 1.65. The van der Waals surface area contributed by atoms with Gasteiger partial charge >= 0.3 is 6.18 Å². The minimum atomic E-state index is -4.12. The predicted octanol–water partition coefficient (Wildman–Crippen LogP) is 3.06. The fourth-order valence-electron chi connectivity index (χ4n) is 2.82. The van der Waals surface area contributed by atoms with E-state index in [0.29, 0.717) is 12.5 Å². The molecule has 124 valence electrons. The normalized spacial score (nSPS) is 19.5. The van der Waals surface area contributed by atoms with Gasteiger partial charge in [0.25, 0.3) is 0 Å². The Morgan fingerprint density at radius 3 is 2.64 bits per heavy atom. The highest BCUT2D eigenvalue weighted by atomic mass is 19.4. The molecule has 0 spiro atoms. The number of hydrogen-bond acceptors (Lipinski definition) is 3. The van der Waals surface area contributed by atoms with Crippen LogP contribution in [0, 0.1) is 5.92 Å². The molecule has 0 aliphatic carbocycles. The number of nitrogens with one attached hydrogen (secondary N) is 1. The number of rotatable bonds is 7. The standard InChI is InChI=1S/C16H23F3N2O/c1-22-15-4-2-13(3-5-15)10-21-9-7-14(11-21)6-8-20-12-16(17,18)19/h2-5,14,20H,6-12H2,1H3. The molecule has 22 heavy (non-hydrogen) atoms. The summed E-state index contributed by atoms with van der Waals surface area (Å²) in [4.78, 5) is 2.36. The molecular weight excluding hydrogens is 293 g/mol. The van der Waals surface area contributed by atoms with Gasteiger partial charge in [-0.2, -0.15) is 13.2 Å². The van der Waals surface area contributed by atoms with Crippen LogP contribution < -0.4 is 10.1 Å². The van der Waals surface area contributed by atoms with Crippen LogP contribution in [-0.2, 0) is 6.54 Å². The van der Waals surface area contributed by atoms with Gasteiger partial charge in [-0.1, -0.05) is 12.1 Å². The molecule has 1 atom stereocenters. The van der Waals surface area contributed by atoms with E-state index < -0.39 is 12.7 Å². The molecule has 1 aromatic carbocycles. The molecule has 1 aromatic rings. The van der Waals surface area contributed by atoms with Crippen molar-refractivity contribution in [1.82, 2.24) is 10.2 Å². The first-order chi connectivity index (χ1) is 10.5. The van der Waals surface area contributed by atoms with Crippen molar-refractivity contribution in [3.8, 4) is 5.75 Å². The highest BCUT2D eigenvalue weighted by molar-refractivity contribution is 5.27. The Bertz CT molecular complexity index is 448. The molecule has 1 fully saturated rings. The van der Waals surface area contributed by atoms with Gasteiger partial charge in [-0.05, 0) is 49.5 Å². The van der Waals surface area contributed by atoms with Crippen molar-refractivity contribution in [3.05, 3.63) is 29.8 Å². The van der Waals surface area contributed by atoms with Crippen LogP contribution in [0.1, 0.15) is 18.4 Å². The molecule has 0 aromatic heterocycles. The molecule has 3 nitrogen and oxygen atoms in total. The lowest BCUT2D eigenvalue weighted by atomic mass is 10.1. The van der Waals surface area contributed by atoms with Crippen molar-refractivity contribution in [1.29, 1.82) is 0 Å². The lowest BCUT2D eigenvalue weighted by Gasteiger charge is -2.16. The Labute approximate surface area is 129 Å². The Kier molecular flexibility index (Phi) is 6.08. The maximum absolute atomic E-state index is 12.0. The molecule has 1 unspecified atom stereocenters. The van der Waals surface area contributed by atoms with E-state index in [9.17, 15) is 13.2 Å². The predicted molar refractivity (Wildman–Crippen MR) is 79.9 cm³/mol. The summed E-state index contributed by atoms with van der Waals surface area (Å²) >= 11 is 0. The third kappa shape index (κ3) is 5.85. The van der Waals surface area contributed by atoms with Gasteiger partial charge in [0.1, 0.15) is 5.75 Å². The van der Waals surface area contributed by atoms with E-state index in [2.05, 4.69) is 22.3 Å². The maximum Gasteiger partial charge on any atom is 0.401 e. The molecule has 0 bridgehead atoms. The Balaban J connectivity index is 1.66. The Hall–Kier alpha value is -1.27. The van der Waals surface area contributed by atoms with Crippen LogP contribution in [0.25, 0.3) is 0 Å². The average Bonchev–Trinajstić information content (AvgIpc) is 2.91. The molecule has 1 N–H and O–H groups in total. The molecular formula is C16H23F3N2O. The number of likely N-dealkylation sites (tertiary alicyclic amines) is 1. The molecule has 0 saturated carbocycles. The van der Waals surface area contributed by atoms with E-state index in [1.165, 1.54) is 5.56 Å². The largest absolute Gasteiger partial charge is 0.497 e. The van der Waals surface area contributed by atoms with Crippen molar-refractivity contribution < 1.29 is 17.9 Å². The zero-order chi connectivity index (χ0) is 16.0. The van der Waals surface area contributed by atoms with Crippen LogP contribution in [0.3, 0.4) is 0 Å². The molecule has 1 aliphatic heterocycles. The van der Waals surface area contributed by atoms with Crippen LogP contribution >= 0.6 is 0 Å². The second-order valence-electron chi connectivity index (χ2n) is 5.82. The van der Waals surface area contributed by atoms with E-state index in [1.807, 2.05) is 12.1 Å². The molecule has 2 rings (SSSR count). The summed E-state index contributed by atoms with van der Waals surface area (Å²) in [5.41, 5.74) is 1.23. The van der Waals surface area contributed by atoms with Gasteiger partial charge in [0.05, 0.1) is 13.7 Å². The van der Waals surface area contributed by atoms with Crippen LogP contribution in [0.15, 0.2) is 24.3 Å². The van der Waals surface area contributed by atoms with Crippen molar-refractivity contribution in [2.45, 2.75) is 25.6 Å². The van der Waals surface area contributed by atoms with Crippen LogP contribution in [-0.4, -0.2) is 44.4 Å². The van der Waals surface area contributed by atoms with Gasteiger partial charge in [0.15, 0.2) is 0 Å². The number of methoxy groups -OCH3 is 1. The van der Waals surface area contributed by atoms with Crippen LogP contribution in [0.5, 0.6) is 5.75 Å². The smallest absolute Gasteiger partial charge is 0.401 e. The summed E-state index contributed by atoms with van der Waals surface area (Å²) in [6, 6.07) is 8.00. The van der Waals surface area contributed by atoms with Crippen molar-refractivity contribution in [2.75, 3.05) is 33.3 Å². The minimum absolute atomic E-state index is 0.431. The van der Waals surface area contributed by atoms with Crippen LogP contribution in [0.4, 0.5) is 13.2 Å². The number of halogens is 3. The van der Waals surface area contributed by atoms with Gasteiger partial charge in [0.2, 0.25) is 0 Å². The molecule has 0 amide bonds. The number of alkyl halides is 3. The van der Waals surface area contributed by atoms with E-state index in [4.69, 9.17) is 4.74 Å². The first-order valence-corrected chi connectivity index (χ1v) is 7.59. The van der Waals surface area contributed by atoms with Gasteiger partial charge in [-0.25, -0.2) is 0 Å². The van der Waals surface area contributed by atoms with Gasteiger partial charge in [-0.15, -0.1) is 0 Å². The van der Waals surface area contributed by atoms with E-state index in [1.54, 1.807) is 7.11 Å². The van der Waals surface area contributed by atoms with Gasteiger partial charge in [-0.3, -0.25) is 4.90 Å².